The van der Waals surface area contributed by atoms with Gasteiger partial charge in [0.05, 0.1) is 12.5 Å². The maximum Gasteiger partial charge on any atom is 0.262 e. The Labute approximate surface area is 167 Å². The van der Waals surface area contributed by atoms with Gasteiger partial charge in [-0.3, -0.25) is 14.9 Å². The number of hydrogen-bond donors (Lipinski definition) is 2. The summed E-state index contributed by atoms with van der Waals surface area (Å²) < 4.78 is 7.44. The molecule has 3 aromatic rings. The van der Waals surface area contributed by atoms with E-state index in [-0.39, 0.29) is 30.9 Å². The number of nitrogens with one attached hydrogen (secondary N) is 2. The molecular weight excluding hydrogens is 370 g/mol. The molecule has 29 heavy (non-hydrogen) atoms. The number of para-hydroxylation sites is 1. The first kappa shape index (κ1) is 18.7. The third-order valence-corrected chi connectivity index (χ3v) is 4.78. The molecule has 0 aliphatic carbocycles. The molecule has 1 aliphatic heterocycles. The first-order valence-corrected chi connectivity index (χ1v) is 9.44. The Morgan fingerprint density at radius 2 is 2.03 bits per heavy atom. The molecule has 8 nitrogen and oxygen atoms in total. The molecule has 0 bridgehead atoms. The Balaban J connectivity index is 1.46. The third-order valence-electron chi connectivity index (χ3n) is 4.78. The lowest BCUT2D eigenvalue weighted by molar-refractivity contribution is -0.118. The van der Waals surface area contributed by atoms with E-state index in [1.165, 1.54) is 11.9 Å². The highest BCUT2D eigenvalue weighted by molar-refractivity contribution is 5.92. The summed E-state index contributed by atoms with van der Waals surface area (Å²) in [7, 11) is 0. The van der Waals surface area contributed by atoms with Crippen molar-refractivity contribution in [3.05, 3.63) is 66.0 Å². The van der Waals surface area contributed by atoms with Crippen LogP contribution in [0, 0.1) is 0 Å². The van der Waals surface area contributed by atoms with Crippen molar-refractivity contribution in [3.8, 4) is 5.75 Å². The minimum Gasteiger partial charge on any atom is -0.483 e. The summed E-state index contributed by atoms with van der Waals surface area (Å²) in [5, 5.41) is 9.73. The first-order valence-electron chi connectivity index (χ1n) is 9.44. The average molecular weight is 391 g/mol. The molecule has 0 radical (unpaired) electrons. The van der Waals surface area contributed by atoms with Crippen LogP contribution in [0.4, 0.5) is 11.6 Å². The van der Waals surface area contributed by atoms with E-state index in [1.54, 1.807) is 10.7 Å². The van der Waals surface area contributed by atoms with Gasteiger partial charge in [0.15, 0.2) is 6.61 Å². The summed E-state index contributed by atoms with van der Waals surface area (Å²) in [5.41, 5.74) is 2.70. The second-order valence-electron chi connectivity index (χ2n) is 6.72. The summed E-state index contributed by atoms with van der Waals surface area (Å²) in [5.74, 6) is 0.532. The standard InChI is InChI=1S/C21H21N5O3/c1-2-14-7-9-15(10-8-14)24-20(28)12-29-18-6-4-3-5-16(18)17-11-19(27)25-21-22-13-23-26(17)21/h3-10,13,17H,2,11-12H2,1H3,(H,24,28)(H,22,23,25,27)/t17-/m0/s1. The van der Waals surface area contributed by atoms with Crippen molar-refractivity contribution in [1.29, 1.82) is 0 Å². The van der Waals surface area contributed by atoms with Gasteiger partial charge in [0.25, 0.3) is 5.91 Å². The molecule has 2 amide bonds. The van der Waals surface area contributed by atoms with E-state index in [0.717, 1.165) is 17.7 Å². The van der Waals surface area contributed by atoms with Gasteiger partial charge >= 0.3 is 0 Å². The number of benzene rings is 2. The Hall–Kier alpha value is -3.68. The van der Waals surface area contributed by atoms with Gasteiger partial charge in [-0.15, -0.1) is 0 Å². The molecule has 1 aliphatic rings. The lowest BCUT2D eigenvalue weighted by Gasteiger charge is -2.25. The van der Waals surface area contributed by atoms with Crippen molar-refractivity contribution in [2.45, 2.75) is 25.8 Å². The second kappa shape index (κ2) is 8.14. The van der Waals surface area contributed by atoms with Crippen LogP contribution in [0.25, 0.3) is 0 Å². The third kappa shape index (κ3) is 4.11. The number of anilines is 2. The summed E-state index contributed by atoms with van der Waals surface area (Å²) in [6.07, 6.45) is 2.56. The summed E-state index contributed by atoms with van der Waals surface area (Å²) >= 11 is 0. The number of carbonyl (C=O) groups is 2. The van der Waals surface area contributed by atoms with Gasteiger partial charge in [-0.25, -0.2) is 4.68 Å². The number of carbonyl (C=O) groups excluding carboxylic acids is 2. The van der Waals surface area contributed by atoms with Crippen molar-refractivity contribution in [2.24, 2.45) is 0 Å². The quantitative estimate of drug-likeness (QED) is 0.673. The number of rotatable bonds is 6. The minimum absolute atomic E-state index is 0.140. The van der Waals surface area contributed by atoms with Gasteiger partial charge in [0.2, 0.25) is 11.9 Å². The van der Waals surface area contributed by atoms with Crippen molar-refractivity contribution in [1.82, 2.24) is 14.8 Å². The molecule has 148 valence electrons. The molecule has 8 heteroatoms. The average Bonchev–Trinajstić information content (AvgIpc) is 3.21. The normalized spacial score (nSPS) is 15.3. The van der Waals surface area contributed by atoms with Crippen LogP contribution in [0.3, 0.4) is 0 Å². The molecule has 0 saturated heterocycles. The van der Waals surface area contributed by atoms with Crippen LogP contribution in [0.5, 0.6) is 5.75 Å². The zero-order chi connectivity index (χ0) is 20.2. The van der Waals surface area contributed by atoms with Crippen LogP contribution in [-0.2, 0) is 16.0 Å². The number of amides is 2. The molecule has 0 unspecified atom stereocenters. The van der Waals surface area contributed by atoms with Gasteiger partial charge in [-0.2, -0.15) is 10.1 Å². The van der Waals surface area contributed by atoms with E-state index in [2.05, 4.69) is 27.6 Å². The van der Waals surface area contributed by atoms with Gasteiger partial charge in [-0.05, 0) is 30.2 Å². The topological polar surface area (TPSA) is 98.1 Å². The first-order chi connectivity index (χ1) is 14.1. The highest BCUT2D eigenvalue weighted by atomic mass is 16.5. The van der Waals surface area contributed by atoms with Crippen LogP contribution in [0.1, 0.15) is 30.5 Å². The Morgan fingerprint density at radius 3 is 2.83 bits per heavy atom. The number of nitrogens with zero attached hydrogens (tertiary/aromatic N) is 3. The second-order valence-corrected chi connectivity index (χ2v) is 6.72. The Bertz CT molecular complexity index is 1030. The highest BCUT2D eigenvalue weighted by Crippen LogP contribution is 2.34. The van der Waals surface area contributed by atoms with Crippen LogP contribution < -0.4 is 15.4 Å². The van der Waals surface area contributed by atoms with E-state index in [4.69, 9.17) is 4.74 Å². The fourth-order valence-corrected chi connectivity index (χ4v) is 3.30. The number of fused-ring (bicyclic) bond motifs is 1. The number of aromatic nitrogens is 3. The molecule has 1 atom stereocenters. The van der Waals surface area contributed by atoms with Crippen molar-refractivity contribution >= 4 is 23.5 Å². The number of aryl methyl sites for hydroxylation is 1. The fourth-order valence-electron chi connectivity index (χ4n) is 3.30. The van der Waals surface area contributed by atoms with Crippen LogP contribution in [0.2, 0.25) is 0 Å². The van der Waals surface area contributed by atoms with Gasteiger partial charge in [0.1, 0.15) is 12.1 Å². The van der Waals surface area contributed by atoms with Crippen LogP contribution in [0.15, 0.2) is 54.9 Å². The van der Waals surface area contributed by atoms with Crippen LogP contribution >= 0.6 is 0 Å². The molecule has 2 heterocycles. The zero-order valence-electron chi connectivity index (χ0n) is 16.0. The van der Waals surface area contributed by atoms with Gasteiger partial charge in [0, 0.05) is 11.3 Å². The molecular formula is C21H21N5O3. The van der Waals surface area contributed by atoms with E-state index in [9.17, 15) is 9.59 Å². The molecule has 0 saturated carbocycles. The number of ether oxygens (including phenoxy) is 1. The lowest BCUT2D eigenvalue weighted by atomic mass is 10.0. The van der Waals surface area contributed by atoms with E-state index < -0.39 is 0 Å². The van der Waals surface area contributed by atoms with Gasteiger partial charge < -0.3 is 10.1 Å². The summed E-state index contributed by atoms with van der Waals surface area (Å²) in [6.45, 7) is 1.94. The molecule has 2 aromatic carbocycles. The van der Waals surface area contributed by atoms with E-state index in [1.807, 2.05) is 42.5 Å². The Morgan fingerprint density at radius 1 is 1.24 bits per heavy atom. The van der Waals surface area contributed by atoms with E-state index in [0.29, 0.717) is 11.7 Å². The number of hydrogen-bond acceptors (Lipinski definition) is 5. The largest absolute Gasteiger partial charge is 0.483 e. The van der Waals surface area contributed by atoms with Crippen molar-refractivity contribution < 1.29 is 14.3 Å². The SMILES string of the molecule is CCc1ccc(NC(=O)COc2ccccc2[C@@H]2CC(=O)Nc3ncnn32)cc1. The zero-order valence-corrected chi connectivity index (χ0v) is 16.0. The monoisotopic (exact) mass is 391 g/mol. The minimum atomic E-state index is -0.345. The van der Waals surface area contributed by atoms with Crippen molar-refractivity contribution in [2.75, 3.05) is 17.2 Å². The summed E-state index contributed by atoms with van der Waals surface area (Å²) in [6, 6.07) is 14.7. The Kier molecular flexibility index (Phi) is 5.24. The van der Waals surface area contributed by atoms with Crippen molar-refractivity contribution in [3.63, 3.8) is 0 Å². The molecule has 0 fully saturated rings. The lowest BCUT2D eigenvalue weighted by Crippen LogP contribution is -2.29. The fraction of sp³-hybridized carbons (Fsp3) is 0.238. The van der Waals surface area contributed by atoms with Crippen LogP contribution in [-0.4, -0.2) is 33.2 Å². The predicted octanol–water partition coefficient (Wildman–Crippen LogP) is 2.79. The molecule has 2 N–H and O–H groups in total. The summed E-state index contributed by atoms with van der Waals surface area (Å²) in [4.78, 5) is 28.4. The predicted molar refractivity (Wildman–Crippen MR) is 108 cm³/mol. The molecule has 0 spiro atoms. The van der Waals surface area contributed by atoms with Gasteiger partial charge in [-0.1, -0.05) is 37.3 Å². The molecule has 1 aromatic heterocycles. The maximum absolute atomic E-state index is 12.3. The maximum atomic E-state index is 12.3. The molecule has 4 rings (SSSR count). The van der Waals surface area contributed by atoms with E-state index >= 15 is 0 Å². The smallest absolute Gasteiger partial charge is 0.262 e. The highest BCUT2D eigenvalue weighted by Gasteiger charge is 2.29.